The van der Waals surface area contributed by atoms with E-state index in [-0.39, 0.29) is 11.8 Å². The first-order valence-corrected chi connectivity index (χ1v) is 6.86. The maximum absolute atomic E-state index is 11.8. The third-order valence-electron chi connectivity index (χ3n) is 3.06. The molecule has 0 spiro atoms. The molecule has 1 aromatic rings. The van der Waals surface area contributed by atoms with Crippen molar-refractivity contribution in [1.82, 2.24) is 15.6 Å². The lowest BCUT2D eigenvalue weighted by molar-refractivity contribution is -0.125. The Morgan fingerprint density at radius 1 is 1.47 bits per heavy atom. The molecule has 2 heterocycles. The summed E-state index contributed by atoms with van der Waals surface area (Å²) < 4.78 is 5.40. The van der Waals surface area contributed by atoms with Crippen LogP contribution in [-0.4, -0.2) is 37.1 Å². The van der Waals surface area contributed by atoms with E-state index in [0.29, 0.717) is 24.1 Å². The van der Waals surface area contributed by atoms with Crippen molar-refractivity contribution >= 4 is 17.5 Å². The monoisotopic (exact) mass is 283 g/mol. The van der Waals surface area contributed by atoms with Gasteiger partial charge in [-0.15, -0.1) is 0 Å². The van der Waals surface area contributed by atoms with Gasteiger partial charge in [0.05, 0.1) is 11.6 Å². The molecule has 19 heavy (non-hydrogen) atoms. The SMILES string of the molecule is O=C(NCCOc1ccc(Cl)cn1)C1CCNCC1. The molecule has 0 bridgehead atoms. The van der Waals surface area contributed by atoms with Gasteiger partial charge in [-0.3, -0.25) is 4.79 Å². The molecule has 104 valence electrons. The molecule has 1 saturated heterocycles. The van der Waals surface area contributed by atoms with Crippen molar-refractivity contribution in [3.05, 3.63) is 23.4 Å². The van der Waals surface area contributed by atoms with Crippen LogP contribution in [0, 0.1) is 5.92 Å². The van der Waals surface area contributed by atoms with E-state index in [9.17, 15) is 4.79 Å². The van der Waals surface area contributed by atoms with Crippen LogP contribution >= 0.6 is 11.6 Å². The van der Waals surface area contributed by atoms with Gasteiger partial charge in [-0.25, -0.2) is 4.98 Å². The molecule has 6 heteroatoms. The molecule has 1 amide bonds. The zero-order valence-corrected chi connectivity index (χ0v) is 11.4. The lowest BCUT2D eigenvalue weighted by Crippen LogP contribution is -2.39. The number of amides is 1. The fraction of sp³-hybridized carbons (Fsp3) is 0.538. The first kappa shape index (κ1) is 14.1. The number of piperidine rings is 1. The Hall–Kier alpha value is -1.33. The lowest BCUT2D eigenvalue weighted by atomic mass is 9.97. The van der Waals surface area contributed by atoms with Crippen molar-refractivity contribution < 1.29 is 9.53 Å². The lowest BCUT2D eigenvalue weighted by Gasteiger charge is -2.21. The number of hydrogen-bond donors (Lipinski definition) is 2. The Labute approximate surface area is 117 Å². The van der Waals surface area contributed by atoms with Gasteiger partial charge >= 0.3 is 0 Å². The van der Waals surface area contributed by atoms with Gasteiger partial charge < -0.3 is 15.4 Å². The highest BCUT2D eigenvalue weighted by Gasteiger charge is 2.20. The summed E-state index contributed by atoms with van der Waals surface area (Å²) in [6.45, 7) is 2.74. The minimum Gasteiger partial charge on any atom is -0.476 e. The van der Waals surface area contributed by atoms with Gasteiger partial charge in [0.2, 0.25) is 11.8 Å². The van der Waals surface area contributed by atoms with Crippen LogP contribution in [0.1, 0.15) is 12.8 Å². The average Bonchev–Trinajstić information content (AvgIpc) is 2.46. The molecule has 0 unspecified atom stereocenters. The molecule has 0 atom stereocenters. The van der Waals surface area contributed by atoms with E-state index in [1.54, 1.807) is 12.1 Å². The molecule has 0 aromatic carbocycles. The van der Waals surface area contributed by atoms with Crippen LogP contribution in [0.25, 0.3) is 0 Å². The fourth-order valence-corrected chi connectivity index (χ4v) is 2.12. The van der Waals surface area contributed by atoms with Crippen molar-refractivity contribution in [2.45, 2.75) is 12.8 Å². The summed E-state index contributed by atoms with van der Waals surface area (Å²) >= 11 is 5.72. The first-order chi connectivity index (χ1) is 9.25. The van der Waals surface area contributed by atoms with Crippen molar-refractivity contribution in [3.63, 3.8) is 0 Å². The topological polar surface area (TPSA) is 63.2 Å². The molecule has 2 rings (SSSR count). The van der Waals surface area contributed by atoms with Crippen LogP contribution < -0.4 is 15.4 Å². The maximum Gasteiger partial charge on any atom is 0.223 e. The second kappa shape index (κ2) is 7.31. The number of nitrogens with one attached hydrogen (secondary N) is 2. The second-order valence-electron chi connectivity index (χ2n) is 4.48. The van der Waals surface area contributed by atoms with E-state index in [4.69, 9.17) is 16.3 Å². The quantitative estimate of drug-likeness (QED) is 0.798. The van der Waals surface area contributed by atoms with Crippen LogP contribution in [0.3, 0.4) is 0 Å². The highest BCUT2D eigenvalue weighted by atomic mass is 35.5. The Bertz CT molecular complexity index is 405. The molecule has 0 radical (unpaired) electrons. The predicted molar refractivity (Wildman–Crippen MR) is 73.3 cm³/mol. The van der Waals surface area contributed by atoms with E-state index in [1.807, 2.05) is 0 Å². The van der Waals surface area contributed by atoms with Gasteiger partial charge in [-0.2, -0.15) is 0 Å². The third-order valence-corrected chi connectivity index (χ3v) is 3.29. The van der Waals surface area contributed by atoms with Crippen molar-refractivity contribution in [2.75, 3.05) is 26.2 Å². The Morgan fingerprint density at radius 2 is 2.26 bits per heavy atom. The molecule has 5 nitrogen and oxygen atoms in total. The van der Waals surface area contributed by atoms with E-state index >= 15 is 0 Å². The summed E-state index contributed by atoms with van der Waals surface area (Å²) in [6, 6.07) is 3.43. The van der Waals surface area contributed by atoms with Crippen molar-refractivity contribution in [1.29, 1.82) is 0 Å². The normalized spacial score (nSPS) is 16.1. The molecule has 2 N–H and O–H groups in total. The predicted octanol–water partition coefficient (Wildman–Crippen LogP) is 1.23. The van der Waals surface area contributed by atoms with Crippen LogP contribution in [0.5, 0.6) is 5.88 Å². The zero-order chi connectivity index (χ0) is 13.5. The highest BCUT2D eigenvalue weighted by molar-refractivity contribution is 6.30. The number of aromatic nitrogens is 1. The summed E-state index contributed by atoms with van der Waals surface area (Å²) in [7, 11) is 0. The number of carbonyl (C=O) groups is 1. The molecule has 1 aliphatic heterocycles. The van der Waals surface area contributed by atoms with Crippen LogP contribution in [0.4, 0.5) is 0 Å². The Balaban J connectivity index is 1.63. The summed E-state index contributed by atoms with van der Waals surface area (Å²) in [5, 5.41) is 6.70. The summed E-state index contributed by atoms with van der Waals surface area (Å²) in [5.41, 5.74) is 0. The molecule has 1 aliphatic rings. The van der Waals surface area contributed by atoms with Crippen LogP contribution in [0.2, 0.25) is 5.02 Å². The maximum atomic E-state index is 11.8. The number of ether oxygens (including phenoxy) is 1. The third kappa shape index (κ3) is 4.69. The van der Waals surface area contributed by atoms with Crippen molar-refractivity contribution in [2.24, 2.45) is 5.92 Å². The number of nitrogens with zero attached hydrogens (tertiary/aromatic N) is 1. The minimum atomic E-state index is 0.120. The molecular formula is C13H18ClN3O2. The highest BCUT2D eigenvalue weighted by Crippen LogP contribution is 2.12. The summed E-state index contributed by atoms with van der Waals surface area (Å²) in [5.74, 6) is 0.768. The summed E-state index contributed by atoms with van der Waals surface area (Å²) in [6.07, 6.45) is 3.35. The number of hydrogen-bond acceptors (Lipinski definition) is 4. The number of rotatable bonds is 5. The van der Waals surface area contributed by atoms with E-state index in [1.165, 1.54) is 6.20 Å². The van der Waals surface area contributed by atoms with Gasteiger partial charge in [0.1, 0.15) is 6.61 Å². The smallest absolute Gasteiger partial charge is 0.223 e. The molecule has 1 aromatic heterocycles. The van der Waals surface area contributed by atoms with Gasteiger partial charge in [0.15, 0.2) is 0 Å². The zero-order valence-electron chi connectivity index (χ0n) is 10.7. The van der Waals surface area contributed by atoms with Crippen molar-refractivity contribution in [3.8, 4) is 5.88 Å². The van der Waals surface area contributed by atoms with E-state index < -0.39 is 0 Å². The number of halogens is 1. The van der Waals surface area contributed by atoms with Crippen LogP contribution in [0.15, 0.2) is 18.3 Å². The first-order valence-electron chi connectivity index (χ1n) is 6.48. The Morgan fingerprint density at radius 3 is 2.95 bits per heavy atom. The standard InChI is InChI=1S/C13H18ClN3O2/c14-11-1-2-12(17-9-11)19-8-7-16-13(18)10-3-5-15-6-4-10/h1-2,9-10,15H,3-8H2,(H,16,18). The largest absolute Gasteiger partial charge is 0.476 e. The molecule has 1 fully saturated rings. The van der Waals surface area contributed by atoms with Gasteiger partial charge in [0.25, 0.3) is 0 Å². The average molecular weight is 284 g/mol. The second-order valence-corrected chi connectivity index (χ2v) is 4.91. The van der Waals surface area contributed by atoms with Gasteiger partial charge in [-0.05, 0) is 32.0 Å². The summed E-state index contributed by atoms with van der Waals surface area (Å²) in [4.78, 5) is 15.8. The minimum absolute atomic E-state index is 0.120. The fourth-order valence-electron chi connectivity index (χ4n) is 2.01. The molecule has 0 saturated carbocycles. The van der Waals surface area contributed by atoms with Crippen LogP contribution in [-0.2, 0) is 4.79 Å². The Kier molecular flexibility index (Phi) is 5.42. The van der Waals surface area contributed by atoms with E-state index in [0.717, 1.165) is 25.9 Å². The number of carbonyl (C=O) groups excluding carboxylic acids is 1. The number of pyridine rings is 1. The molecule has 0 aliphatic carbocycles. The van der Waals surface area contributed by atoms with Gasteiger partial charge in [0, 0.05) is 18.2 Å². The van der Waals surface area contributed by atoms with Gasteiger partial charge in [-0.1, -0.05) is 11.6 Å². The van der Waals surface area contributed by atoms with E-state index in [2.05, 4.69) is 15.6 Å². The molecular weight excluding hydrogens is 266 g/mol.